The van der Waals surface area contributed by atoms with E-state index in [2.05, 4.69) is 20.3 Å². The average molecular weight is 395 g/mol. The van der Waals surface area contributed by atoms with E-state index >= 15 is 0 Å². The smallest absolute Gasteiger partial charge is 0.277 e. The Morgan fingerprint density at radius 1 is 1.23 bits per heavy atom. The highest BCUT2D eigenvalue weighted by molar-refractivity contribution is 7.99. The van der Waals surface area contributed by atoms with Crippen LogP contribution in [0.25, 0.3) is 0 Å². The molecule has 2 aromatic heterocycles. The van der Waals surface area contributed by atoms with Gasteiger partial charge in [0.15, 0.2) is 12.4 Å². The molecule has 0 bridgehead atoms. The summed E-state index contributed by atoms with van der Waals surface area (Å²) in [5, 5.41) is 12.8. The summed E-state index contributed by atoms with van der Waals surface area (Å²) in [4.78, 5) is 4.44. The van der Waals surface area contributed by atoms with Gasteiger partial charge in [0.2, 0.25) is 5.89 Å². The second-order valence-electron chi connectivity index (χ2n) is 6.65. The van der Waals surface area contributed by atoms with Gasteiger partial charge < -0.3 is 13.7 Å². The summed E-state index contributed by atoms with van der Waals surface area (Å²) in [6, 6.07) is 7.21. The van der Waals surface area contributed by atoms with Crippen LogP contribution in [-0.4, -0.2) is 20.3 Å². The Balaban J connectivity index is 1.59. The molecule has 26 heavy (non-hydrogen) atoms. The first-order chi connectivity index (χ1) is 12.3. The first-order valence-corrected chi connectivity index (χ1v) is 9.29. The fourth-order valence-corrected chi connectivity index (χ4v) is 2.87. The molecule has 0 saturated heterocycles. The molecule has 0 aliphatic carbocycles. The van der Waals surface area contributed by atoms with Crippen LogP contribution < -0.4 is 4.74 Å². The van der Waals surface area contributed by atoms with Crippen LogP contribution in [0.4, 0.5) is 0 Å². The molecule has 0 spiro atoms. The molecule has 1 atom stereocenters. The normalized spacial score (nSPS) is 13.0. The number of ether oxygens (including phenoxy) is 1. The highest BCUT2D eigenvalue weighted by Crippen LogP contribution is 2.34. The fraction of sp³-hybridized carbons (Fsp3) is 0.412. The number of rotatable bonds is 6. The van der Waals surface area contributed by atoms with E-state index in [1.165, 1.54) is 11.8 Å². The fourth-order valence-electron chi connectivity index (χ4n) is 1.95. The molecule has 0 unspecified atom stereocenters. The number of thioether (sulfide) groups is 1. The van der Waals surface area contributed by atoms with Gasteiger partial charge in [-0.1, -0.05) is 61.4 Å². The Bertz CT molecular complexity index is 875. The van der Waals surface area contributed by atoms with Gasteiger partial charge in [-0.3, -0.25) is 0 Å². The molecule has 0 aliphatic rings. The van der Waals surface area contributed by atoms with Gasteiger partial charge in [-0.25, -0.2) is 0 Å². The van der Waals surface area contributed by atoms with Gasteiger partial charge in [0.05, 0.1) is 10.3 Å². The Morgan fingerprint density at radius 3 is 2.69 bits per heavy atom. The maximum atomic E-state index is 6.05. The molecule has 0 fully saturated rings. The van der Waals surface area contributed by atoms with Crippen molar-refractivity contribution < 1.29 is 13.7 Å². The summed E-state index contributed by atoms with van der Waals surface area (Å²) in [5.41, 5.74) is -0.167. The maximum absolute atomic E-state index is 6.05. The predicted molar refractivity (Wildman–Crippen MR) is 97.4 cm³/mol. The van der Waals surface area contributed by atoms with Crippen LogP contribution in [0.5, 0.6) is 5.75 Å². The Hall–Kier alpha value is -2.06. The summed E-state index contributed by atoms with van der Waals surface area (Å²) in [6.07, 6.45) is 0. The van der Waals surface area contributed by atoms with E-state index in [1.807, 2.05) is 39.8 Å². The summed E-state index contributed by atoms with van der Waals surface area (Å²) in [5.74, 6) is 2.11. The number of para-hydroxylation sites is 1. The molecule has 1 aromatic carbocycles. The molecule has 9 heteroatoms. The molecule has 0 N–H and O–H groups in total. The van der Waals surface area contributed by atoms with Crippen molar-refractivity contribution in [2.45, 2.75) is 50.2 Å². The van der Waals surface area contributed by atoms with Crippen LogP contribution in [0.2, 0.25) is 5.02 Å². The topological polar surface area (TPSA) is 87.1 Å². The zero-order chi connectivity index (χ0) is 18.7. The predicted octanol–water partition coefficient (Wildman–Crippen LogP) is 4.84. The molecular formula is C17H19ClN4O3S. The van der Waals surface area contributed by atoms with Gasteiger partial charge >= 0.3 is 0 Å². The summed E-state index contributed by atoms with van der Waals surface area (Å²) < 4.78 is 16.5. The summed E-state index contributed by atoms with van der Waals surface area (Å²) in [7, 11) is 0. The standard InChI is InChI=1S/C17H19ClN4O3S/c1-10(14-19-15(22-25-14)17(2,3)4)26-16-21-20-13(24-16)9-23-12-8-6-5-7-11(12)18/h5-8,10H,9H2,1-4H3/t10-/m1/s1. The largest absolute Gasteiger partial charge is 0.482 e. The molecule has 0 saturated carbocycles. The van der Waals surface area contributed by atoms with Gasteiger partial charge in [0.25, 0.3) is 11.1 Å². The number of aromatic nitrogens is 4. The van der Waals surface area contributed by atoms with E-state index in [9.17, 15) is 0 Å². The SMILES string of the molecule is C[C@@H](Sc1nnc(COc2ccccc2Cl)o1)c1nc(C(C)(C)C)no1. The van der Waals surface area contributed by atoms with Crippen LogP contribution >= 0.6 is 23.4 Å². The third-order valence-electron chi connectivity index (χ3n) is 3.37. The lowest BCUT2D eigenvalue weighted by atomic mass is 9.96. The number of halogens is 1. The van der Waals surface area contributed by atoms with E-state index in [4.69, 9.17) is 25.3 Å². The molecule has 0 amide bonds. The molecular weight excluding hydrogens is 376 g/mol. The Kier molecular flexibility index (Phi) is 5.52. The minimum absolute atomic E-state index is 0.114. The molecule has 0 aliphatic heterocycles. The average Bonchev–Trinajstić information content (AvgIpc) is 3.23. The summed E-state index contributed by atoms with van der Waals surface area (Å²) >= 11 is 7.40. The van der Waals surface area contributed by atoms with Crippen molar-refractivity contribution in [3.05, 3.63) is 46.9 Å². The van der Waals surface area contributed by atoms with Gasteiger partial charge in [-0.2, -0.15) is 4.98 Å². The van der Waals surface area contributed by atoms with Gasteiger partial charge in [0.1, 0.15) is 5.75 Å². The minimum atomic E-state index is -0.167. The second kappa shape index (κ2) is 7.67. The third-order valence-corrected chi connectivity index (χ3v) is 4.61. The van der Waals surface area contributed by atoms with Crippen LogP contribution in [0.3, 0.4) is 0 Å². The maximum Gasteiger partial charge on any atom is 0.277 e. The monoisotopic (exact) mass is 394 g/mol. The van der Waals surface area contributed by atoms with Crippen molar-refractivity contribution in [2.24, 2.45) is 0 Å². The van der Waals surface area contributed by atoms with Crippen molar-refractivity contribution in [3.63, 3.8) is 0 Å². The number of benzene rings is 1. The van der Waals surface area contributed by atoms with Crippen molar-refractivity contribution in [3.8, 4) is 5.75 Å². The second-order valence-corrected chi connectivity index (χ2v) is 8.35. The lowest BCUT2D eigenvalue weighted by Crippen LogP contribution is -2.13. The molecule has 2 heterocycles. The van der Waals surface area contributed by atoms with Crippen LogP contribution in [-0.2, 0) is 12.0 Å². The summed E-state index contributed by atoms with van der Waals surface area (Å²) in [6.45, 7) is 8.17. The quantitative estimate of drug-likeness (QED) is 0.549. The highest BCUT2D eigenvalue weighted by Gasteiger charge is 2.24. The first-order valence-electron chi connectivity index (χ1n) is 8.03. The van der Waals surface area contributed by atoms with Crippen LogP contribution in [0.1, 0.15) is 50.6 Å². The third kappa shape index (κ3) is 4.56. The highest BCUT2D eigenvalue weighted by atomic mass is 35.5. The van der Waals surface area contributed by atoms with E-state index < -0.39 is 0 Å². The number of hydrogen-bond donors (Lipinski definition) is 0. The van der Waals surface area contributed by atoms with E-state index in [0.29, 0.717) is 33.6 Å². The zero-order valence-electron chi connectivity index (χ0n) is 14.9. The van der Waals surface area contributed by atoms with Crippen molar-refractivity contribution in [2.75, 3.05) is 0 Å². The zero-order valence-corrected chi connectivity index (χ0v) is 16.5. The first kappa shape index (κ1) is 18.7. The van der Waals surface area contributed by atoms with Crippen LogP contribution in [0, 0.1) is 0 Å². The van der Waals surface area contributed by atoms with Gasteiger partial charge in [-0.15, -0.1) is 10.2 Å². The van der Waals surface area contributed by atoms with Crippen molar-refractivity contribution >= 4 is 23.4 Å². The number of nitrogens with zero attached hydrogens (tertiary/aromatic N) is 4. The lowest BCUT2D eigenvalue weighted by Gasteiger charge is -2.11. The van der Waals surface area contributed by atoms with Crippen LogP contribution in [0.15, 0.2) is 38.4 Å². The van der Waals surface area contributed by atoms with Crippen molar-refractivity contribution in [1.29, 1.82) is 0 Å². The Morgan fingerprint density at radius 2 is 2.00 bits per heavy atom. The molecule has 3 aromatic rings. The molecule has 3 rings (SSSR count). The minimum Gasteiger partial charge on any atom is -0.482 e. The molecule has 0 radical (unpaired) electrons. The number of hydrogen-bond acceptors (Lipinski definition) is 8. The van der Waals surface area contributed by atoms with Gasteiger partial charge in [-0.05, 0) is 19.1 Å². The van der Waals surface area contributed by atoms with E-state index in [1.54, 1.807) is 12.1 Å². The molecule has 138 valence electrons. The van der Waals surface area contributed by atoms with E-state index in [0.717, 1.165) is 0 Å². The van der Waals surface area contributed by atoms with E-state index in [-0.39, 0.29) is 17.3 Å². The van der Waals surface area contributed by atoms with Crippen molar-refractivity contribution in [1.82, 2.24) is 20.3 Å². The lowest BCUT2D eigenvalue weighted by molar-refractivity contribution is 0.252. The van der Waals surface area contributed by atoms with Gasteiger partial charge in [0, 0.05) is 5.41 Å². The Labute approximate surface area is 160 Å². The molecule has 7 nitrogen and oxygen atoms in total.